The summed E-state index contributed by atoms with van der Waals surface area (Å²) in [5.74, 6) is 0.671. The molecular weight excluding hydrogens is 404 g/mol. The normalized spacial score (nSPS) is 49.5. The first-order valence-corrected chi connectivity index (χ1v) is 12.2. The average molecular weight is 439 g/mol. The summed E-state index contributed by atoms with van der Waals surface area (Å²) in [6.07, 6.45) is 6.72. The molecule has 4 fully saturated rings. The lowest BCUT2D eigenvalue weighted by molar-refractivity contribution is -0.226. The van der Waals surface area contributed by atoms with Crippen molar-refractivity contribution < 1.29 is 24.5 Å². The molecule has 172 valence electrons. The van der Waals surface area contributed by atoms with E-state index in [2.05, 4.69) is 13.8 Å². The molecule has 6 rings (SSSR count). The monoisotopic (exact) mass is 438 g/mol. The zero-order chi connectivity index (χ0) is 22.4. The third-order valence-electron chi connectivity index (χ3n) is 10.1. The van der Waals surface area contributed by atoms with Gasteiger partial charge in [-0.25, -0.2) is 0 Å². The molecule has 0 spiro atoms. The molecule has 4 aliphatic carbocycles. The van der Waals surface area contributed by atoms with Crippen LogP contribution in [0.2, 0.25) is 0 Å². The largest absolute Gasteiger partial charge is 0.457 e. The second-order valence-electron chi connectivity index (χ2n) is 11.4. The molecule has 5 nitrogen and oxygen atoms in total. The van der Waals surface area contributed by atoms with Gasteiger partial charge in [0.2, 0.25) is 0 Å². The van der Waals surface area contributed by atoms with E-state index >= 15 is 0 Å². The van der Waals surface area contributed by atoms with Crippen molar-refractivity contribution in [3.8, 4) is 5.75 Å². The van der Waals surface area contributed by atoms with Crippen LogP contribution < -0.4 is 4.74 Å². The minimum absolute atomic E-state index is 0.118. The second kappa shape index (κ2) is 6.68. The van der Waals surface area contributed by atoms with Crippen LogP contribution in [0.5, 0.6) is 5.75 Å². The van der Waals surface area contributed by atoms with Gasteiger partial charge in [0.1, 0.15) is 18.0 Å². The quantitative estimate of drug-likeness (QED) is 0.697. The number of rotatable bonds is 3. The standard InChI is InChI=1S/C27H34O5/c1-24-12-10-18(28)14-17(24)8-9-20-21-11-13-26(30,25(21,2)15-22(29)23(20)24)27(16-31-27)32-19-6-4-3-5-7-19/h3-7,14,20-23,29-30H,8-13,15-16H2,1-2H3/t20-,21-,22-,23+,24-,25-,26+,27+/m0/s1. The minimum atomic E-state index is -1.15. The van der Waals surface area contributed by atoms with E-state index in [1.807, 2.05) is 36.4 Å². The van der Waals surface area contributed by atoms with Gasteiger partial charge in [-0.15, -0.1) is 0 Å². The number of benzene rings is 1. The Morgan fingerprint density at radius 2 is 1.84 bits per heavy atom. The van der Waals surface area contributed by atoms with Crippen LogP contribution in [0, 0.1) is 28.6 Å². The molecule has 1 aliphatic heterocycles. The first-order chi connectivity index (χ1) is 15.2. The molecule has 3 saturated carbocycles. The van der Waals surface area contributed by atoms with Gasteiger partial charge in [0.25, 0.3) is 5.79 Å². The number of carbonyl (C=O) groups excluding carboxylic acids is 1. The Kier molecular flexibility index (Phi) is 4.36. The maximum absolute atomic E-state index is 12.2. The lowest BCUT2D eigenvalue weighted by Gasteiger charge is -2.61. The van der Waals surface area contributed by atoms with E-state index in [9.17, 15) is 15.0 Å². The topological polar surface area (TPSA) is 79.3 Å². The summed E-state index contributed by atoms with van der Waals surface area (Å²) in [5, 5.41) is 23.8. The number of aliphatic hydroxyl groups excluding tert-OH is 1. The number of fused-ring (bicyclic) bond motifs is 5. The minimum Gasteiger partial charge on any atom is -0.457 e. The zero-order valence-electron chi connectivity index (χ0n) is 19.0. The molecule has 5 aliphatic rings. The van der Waals surface area contributed by atoms with Gasteiger partial charge in [0, 0.05) is 11.8 Å². The van der Waals surface area contributed by atoms with E-state index < -0.39 is 22.9 Å². The van der Waals surface area contributed by atoms with Gasteiger partial charge in [-0.1, -0.05) is 37.6 Å². The van der Waals surface area contributed by atoms with E-state index in [1.165, 1.54) is 5.57 Å². The van der Waals surface area contributed by atoms with Crippen molar-refractivity contribution in [1.29, 1.82) is 0 Å². The number of hydrogen-bond donors (Lipinski definition) is 2. The first-order valence-electron chi connectivity index (χ1n) is 12.2. The van der Waals surface area contributed by atoms with Crippen LogP contribution in [0.25, 0.3) is 0 Å². The van der Waals surface area contributed by atoms with Crippen molar-refractivity contribution in [3.05, 3.63) is 42.0 Å². The molecule has 0 unspecified atom stereocenters. The summed E-state index contributed by atoms with van der Waals surface area (Å²) in [6, 6.07) is 9.58. The van der Waals surface area contributed by atoms with Gasteiger partial charge >= 0.3 is 0 Å². The fourth-order valence-electron chi connectivity index (χ4n) is 8.44. The zero-order valence-corrected chi connectivity index (χ0v) is 19.0. The van der Waals surface area contributed by atoms with Crippen LogP contribution in [-0.2, 0) is 9.53 Å². The van der Waals surface area contributed by atoms with Crippen molar-refractivity contribution in [2.24, 2.45) is 28.6 Å². The molecule has 0 radical (unpaired) electrons. The summed E-state index contributed by atoms with van der Waals surface area (Å²) < 4.78 is 12.2. The number of ether oxygens (including phenoxy) is 2. The number of ketones is 1. The highest BCUT2D eigenvalue weighted by molar-refractivity contribution is 5.91. The summed E-state index contributed by atoms with van der Waals surface area (Å²) in [5.41, 5.74) is -0.514. The van der Waals surface area contributed by atoms with Gasteiger partial charge in [-0.2, -0.15) is 0 Å². The predicted octanol–water partition coefficient (Wildman–Crippen LogP) is 4.03. The highest BCUT2D eigenvalue weighted by atomic mass is 16.8. The van der Waals surface area contributed by atoms with Crippen molar-refractivity contribution in [2.45, 2.75) is 76.3 Å². The maximum atomic E-state index is 12.2. The van der Waals surface area contributed by atoms with Crippen LogP contribution >= 0.6 is 0 Å². The summed E-state index contributed by atoms with van der Waals surface area (Å²) in [6.45, 7) is 4.79. The molecule has 0 amide bonds. The van der Waals surface area contributed by atoms with Gasteiger partial charge in [-0.05, 0) is 79.9 Å². The second-order valence-corrected chi connectivity index (χ2v) is 11.4. The average Bonchev–Trinajstić information content (AvgIpc) is 3.49. The Hall–Kier alpha value is -1.69. The van der Waals surface area contributed by atoms with Crippen LogP contribution in [-0.4, -0.2) is 40.1 Å². The molecule has 32 heavy (non-hydrogen) atoms. The van der Waals surface area contributed by atoms with E-state index in [0.29, 0.717) is 43.5 Å². The Labute approximate surface area is 189 Å². The molecule has 0 bridgehead atoms. The Bertz CT molecular complexity index is 968. The fraction of sp³-hybridized carbons (Fsp3) is 0.667. The molecule has 0 aromatic heterocycles. The van der Waals surface area contributed by atoms with Crippen molar-refractivity contribution in [1.82, 2.24) is 0 Å². The van der Waals surface area contributed by atoms with Gasteiger partial charge in [-0.3, -0.25) is 4.79 Å². The van der Waals surface area contributed by atoms with E-state index in [1.54, 1.807) is 0 Å². The Balaban J connectivity index is 1.34. The van der Waals surface area contributed by atoms with Crippen molar-refractivity contribution >= 4 is 5.78 Å². The molecule has 2 N–H and O–H groups in total. The predicted molar refractivity (Wildman–Crippen MR) is 119 cm³/mol. The van der Waals surface area contributed by atoms with Gasteiger partial charge in [0.05, 0.1) is 6.10 Å². The smallest absolute Gasteiger partial charge is 0.264 e. The molecule has 1 heterocycles. The lowest BCUT2D eigenvalue weighted by atomic mass is 9.45. The van der Waals surface area contributed by atoms with Crippen LogP contribution in [0.4, 0.5) is 0 Å². The summed E-state index contributed by atoms with van der Waals surface area (Å²) in [7, 11) is 0. The number of epoxide rings is 1. The maximum Gasteiger partial charge on any atom is 0.264 e. The van der Waals surface area contributed by atoms with E-state index in [-0.39, 0.29) is 17.1 Å². The molecular formula is C27H34O5. The fourth-order valence-corrected chi connectivity index (χ4v) is 8.44. The first kappa shape index (κ1) is 20.9. The number of aliphatic hydroxyl groups is 2. The molecule has 5 heteroatoms. The van der Waals surface area contributed by atoms with E-state index in [0.717, 1.165) is 25.7 Å². The third kappa shape index (κ3) is 2.59. The van der Waals surface area contributed by atoms with Crippen LogP contribution in [0.1, 0.15) is 58.8 Å². The van der Waals surface area contributed by atoms with Gasteiger partial charge in [0.15, 0.2) is 5.78 Å². The third-order valence-corrected chi connectivity index (χ3v) is 10.1. The molecule has 1 aromatic rings. The Morgan fingerprint density at radius 1 is 1.09 bits per heavy atom. The Morgan fingerprint density at radius 3 is 2.56 bits per heavy atom. The number of carbonyl (C=O) groups is 1. The van der Waals surface area contributed by atoms with Gasteiger partial charge < -0.3 is 19.7 Å². The molecule has 8 atom stereocenters. The highest BCUT2D eigenvalue weighted by Crippen LogP contribution is 2.70. The van der Waals surface area contributed by atoms with Crippen LogP contribution in [0.15, 0.2) is 42.0 Å². The van der Waals surface area contributed by atoms with Crippen molar-refractivity contribution in [3.63, 3.8) is 0 Å². The summed E-state index contributed by atoms with van der Waals surface area (Å²) >= 11 is 0. The number of para-hydroxylation sites is 1. The summed E-state index contributed by atoms with van der Waals surface area (Å²) in [4.78, 5) is 12.1. The van der Waals surface area contributed by atoms with E-state index in [4.69, 9.17) is 9.47 Å². The highest BCUT2D eigenvalue weighted by Gasteiger charge is 2.77. The molecule has 1 saturated heterocycles. The van der Waals surface area contributed by atoms with Crippen molar-refractivity contribution in [2.75, 3.05) is 6.61 Å². The van der Waals surface area contributed by atoms with Crippen LogP contribution in [0.3, 0.4) is 0 Å². The lowest BCUT2D eigenvalue weighted by Crippen LogP contribution is -2.64. The molecule has 1 aromatic carbocycles. The number of allylic oxidation sites excluding steroid dienone is 1. The SMILES string of the molecule is C[C@]12CCC(=O)C=C1CC[C@@H]1[C@@H]2[C@@H](O)C[C@@]2(C)[C@H]1CC[C@]2(O)[C@]1(Oc2ccccc2)CO1. The number of hydrogen-bond acceptors (Lipinski definition) is 5.